The van der Waals surface area contributed by atoms with Gasteiger partial charge in [-0.1, -0.05) is 12.1 Å². The third-order valence-corrected chi connectivity index (χ3v) is 5.70. The van der Waals surface area contributed by atoms with Gasteiger partial charge in [-0.2, -0.15) is 0 Å². The van der Waals surface area contributed by atoms with E-state index < -0.39 is 59.9 Å². The summed E-state index contributed by atoms with van der Waals surface area (Å²) in [5, 5.41) is 35.9. The fourth-order valence-electron chi connectivity index (χ4n) is 3.43. The number of aliphatic hydroxyl groups excluding tert-OH is 1. The Morgan fingerprint density at radius 3 is 1.90 bits per heavy atom. The second kappa shape index (κ2) is 16.5. The number of carboxylic acid groups (broad SMARTS) is 1. The number of carbonyl (C=O) groups is 5. The molecule has 4 amide bonds. The molecule has 0 saturated carbocycles. The highest BCUT2D eigenvalue weighted by Gasteiger charge is 2.31. The summed E-state index contributed by atoms with van der Waals surface area (Å²) in [6.45, 7) is 1.37. The molecule has 0 aliphatic rings. The molecule has 0 aromatic heterocycles. The Hall–Kier alpha value is -4.44. The van der Waals surface area contributed by atoms with E-state index in [1.165, 1.54) is 31.2 Å². The third-order valence-electron chi connectivity index (χ3n) is 5.70. The molecule has 16 nitrogen and oxygen atoms in total. The number of primary amides is 1. The van der Waals surface area contributed by atoms with Gasteiger partial charge in [-0.15, -0.1) is 0 Å². The number of rotatable bonds is 17. The molecular weight excluding hydrogens is 528 g/mol. The van der Waals surface area contributed by atoms with Gasteiger partial charge in [0.1, 0.15) is 29.9 Å². The number of hydrogen-bond acceptors (Lipinski definition) is 9. The van der Waals surface area contributed by atoms with E-state index in [0.29, 0.717) is 5.56 Å². The van der Waals surface area contributed by atoms with Gasteiger partial charge in [-0.05, 0) is 43.9 Å². The van der Waals surface area contributed by atoms with Gasteiger partial charge >= 0.3 is 5.97 Å². The van der Waals surface area contributed by atoms with Crippen LogP contribution in [-0.4, -0.2) is 87.7 Å². The molecule has 16 heteroatoms. The zero-order valence-corrected chi connectivity index (χ0v) is 22.1. The van der Waals surface area contributed by atoms with Gasteiger partial charge in [0.05, 0.1) is 6.10 Å². The van der Waals surface area contributed by atoms with Crippen molar-refractivity contribution in [2.45, 2.75) is 69.3 Å². The molecule has 14 N–H and O–H groups in total. The fourth-order valence-corrected chi connectivity index (χ4v) is 3.43. The van der Waals surface area contributed by atoms with Crippen LogP contribution in [0, 0.1) is 0 Å². The van der Waals surface area contributed by atoms with Crippen molar-refractivity contribution < 1.29 is 39.3 Å². The van der Waals surface area contributed by atoms with Crippen molar-refractivity contribution in [3.63, 3.8) is 0 Å². The van der Waals surface area contributed by atoms with Crippen LogP contribution in [0.2, 0.25) is 0 Å². The van der Waals surface area contributed by atoms with E-state index in [1.54, 1.807) is 0 Å². The lowest BCUT2D eigenvalue weighted by molar-refractivity contribution is -0.142. The maximum absolute atomic E-state index is 13.1. The Bertz CT molecular complexity index is 1060. The number of benzene rings is 1. The molecule has 0 radical (unpaired) electrons. The first-order valence-corrected chi connectivity index (χ1v) is 12.4. The smallest absolute Gasteiger partial charge is 0.326 e. The van der Waals surface area contributed by atoms with Crippen molar-refractivity contribution in [2.75, 3.05) is 6.54 Å². The fraction of sp³-hybridized carbons (Fsp3) is 0.500. The molecule has 40 heavy (non-hydrogen) atoms. The summed E-state index contributed by atoms with van der Waals surface area (Å²) in [7, 11) is 0. The second-order valence-electron chi connectivity index (χ2n) is 9.11. The maximum Gasteiger partial charge on any atom is 0.326 e. The zero-order valence-electron chi connectivity index (χ0n) is 22.1. The quantitative estimate of drug-likeness (QED) is 0.0501. The van der Waals surface area contributed by atoms with E-state index in [1.807, 2.05) is 0 Å². The van der Waals surface area contributed by atoms with Crippen molar-refractivity contribution in [1.82, 2.24) is 16.0 Å². The number of aliphatic carboxylic acids is 1. The van der Waals surface area contributed by atoms with Crippen LogP contribution in [0.5, 0.6) is 5.75 Å². The number of guanidine groups is 1. The minimum atomic E-state index is -1.39. The molecule has 5 atom stereocenters. The van der Waals surface area contributed by atoms with E-state index in [4.69, 9.17) is 22.9 Å². The lowest BCUT2D eigenvalue weighted by Gasteiger charge is -2.25. The number of aliphatic imine (C=N–C) groups is 1. The summed E-state index contributed by atoms with van der Waals surface area (Å²) in [5.41, 5.74) is 21.9. The van der Waals surface area contributed by atoms with Crippen LogP contribution < -0.4 is 38.9 Å². The van der Waals surface area contributed by atoms with Crippen molar-refractivity contribution >= 4 is 35.6 Å². The largest absolute Gasteiger partial charge is 0.508 e. The Kier molecular flexibility index (Phi) is 13.9. The predicted octanol–water partition coefficient (Wildman–Crippen LogP) is -3.50. The number of nitrogens with two attached hydrogens (primary N) is 4. The highest BCUT2D eigenvalue weighted by molar-refractivity contribution is 5.94. The van der Waals surface area contributed by atoms with E-state index in [2.05, 4.69) is 20.9 Å². The SMILES string of the molecule is CC(O)C(N)C(=O)NC(CCC(N)=O)C(=O)NC(CCCN=C(N)N)C(=O)NC(Cc1ccc(O)cc1)C(=O)O. The van der Waals surface area contributed by atoms with E-state index in [-0.39, 0.29) is 50.4 Å². The Labute approximate surface area is 230 Å². The number of phenolic OH excluding ortho intramolecular Hbond substituents is 1. The topological polar surface area (TPSA) is 299 Å². The van der Waals surface area contributed by atoms with Crippen molar-refractivity contribution in [2.24, 2.45) is 27.9 Å². The highest BCUT2D eigenvalue weighted by Crippen LogP contribution is 2.12. The van der Waals surface area contributed by atoms with Crippen LogP contribution in [0.3, 0.4) is 0 Å². The standard InChI is InChI=1S/C24H38N8O8/c1-12(33)19(26)22(38)31-16(8-9-18(25)35)21(37)30-15(3-2-10-29-24(27)28)20(36)32-17(23(39)40)11-13-4-6-14(34)7-5-13/h4-7,12,15-17,19,33-34H,2-3,8-11,26H2,1H3,(H2,25,35)(H,30,37)(H,31,38)(H,32,36)(H,39,40)(H4,27,28,29). The van der Waals surface area contributed by atoms with Crippen LogP contribution in [0.15, 0.2) is 29.3 Å². The summed E-state index contributed by atoms with van der Waals surface area (Å²) in [4.78, 5) is 65.6. The number of hydrogen-bond donors (Lipinski definition) is 10. The van der Waals surface area contributed by atoms with Gasteiger partial charge in [0.2, 0.25) is 23.6 Å². The molecule has 0 bridgehead atoms. The highest BCUT2D eigenvalue weighted by atomic mass is 16.4. The summed E-state index contributed by atoms with van der Waals surface area (Å²) >= 11 is 0. The lowest BCUT2D eigenvalue weighted by Crippen LogP contribution is -2.58. The number of aromatic hydroxyl groups is 1. The third kappa shape index (κ3) is 12.4. The number of nitrogens with zero attached hydrogens (tertiary/aromatic N) is 1. The van der Waals surface area contributed by atoms with Gasteiger partial charge in [-0.25, -0.2) is 4.79 Å². The van der Waals surface area contributed by atoms with Crippen LogP contribution in [0.1, 0.15) is 38.2 Å². The Balaban J connectivity index is 3.12. The number of nitrogens with one attached hydrogen (secondary N) is 3. The molecule has 0 saturated heterocycles. The first-order valence-electron chi connectivity index (χ1n) is 12.4. The molecule has 1 rings (SSSR count). The predicted molar refractivity (Wildman–Crippen MR) is 143 cm³/mol. The van der Waals surface area contributed by atoms with Crippen LogP contribution in [-0.2, 0) is 30.4 Å². The monoisotopic (exact) mass is 566 g/mol. The zero-order chi connectivity index (χ0) is 30.4. The van der Waals surface area contributed by atoms with Gasteiger partial charge in [0.15, 0.2) is 5.96 Å². The molecule has 5 unspecified atom stereocenters. The number of amides is 4. The average Bonchev–Trinajstić information content (AvgIpc) is 2.87. The summed E-state index contributed by atoms with van der Waals surface area (Å²) in [6, 6.07) is 0.319. The molecule has 0 fully saturated rings. The van der Waals surface area contributed by atoms with Crippen molar-refractivity contribution in [1.29, 1.82) is 0 Å². The molecule has 1 aromatic rings. The minimum Gasteiger partial charge on any atom is -0.508 e. The van der Waals surface area contributed by atoms with E-state index >= 15 is 0 Å². The van der Waals surface area contributed by atoms with Gasteiger partial charge in [-0.3, -0.25) is 24.2 Å². The van der Waals surface area contributed by atoms with E-state index in [9.17, 15) is 39.3 Å². The molecule has 222 valence electrons. The maximum atomic E-state index is 13.1. The molecule has 1 aromatic carbocycles. The average molecular weight is 567 g/mol. The Morgan fingerprint density at radius 1 is 0.875 bits per heavy atom. The summed E-state index contributed by atoms with van der Waals surface area (Å²) < 4.78 is 0. The number of carbonyl (C=O) groups excluding carboxylic acids is 4. The van der Waals surface area contributed by atoms with Crippen molar-refractivity contribution in [3.05, 3.63) is 29.8 Å². The molecule has 0 aliphatic heterocycles. The first-order chi connectivity index (χ1) is 18.7. The molecular formula is C24H38N8O8. The second-order valence-corrected chi connectivity index (χ2v) is 9.11. The van der Waals surface area contributed by atoms with Gasteiger partial charge < -0.3 is 54.2 Å². The minimum absolute atomic E-state index is 0.0180. The molecule has 0 heterocycles. The Morgan fingerprint density at radius 2 is 1.40 bits per heavy atom. The molecule has 0 spiro atoms. The first kappa shape index (κ1) is 33.6. The van der Waals surface area contributed by atoms with Crippen molar-refractivity contribution in [3.8, 4) is 5.75 Å². The normalized spacial score (nSPS) is 14.5. The summed E-state index contributed by atoms with van der Waals surface area (Å²) in [6.07, 6.45) is -1.71. The number of phenols is 1. The summed E-state index contributed by atoms with van der Waals surface area (Å²) in [5.74, 6) is -4.90. The number of carboxylic acids is 1. The van der Waals surface area contributed by atoms with Crippen LogP contribution in [0.25, 0.3) is 0 Å². The van der Waals surface area contributed by atoms with Gasteiger partial charge in [0, 0.05) is 19.4 Å². The van der Waals surface area contributed by atoms with E-state index in [0.717, 1.165) is 0 Å². The number of aliphatic hydroxyl groups is 1. The lowest BCUT2D eigenvalue weighted by atomic mass is 10.0. The molecule has 0 aliphatic carbocycles. The van der Waals surface area contributed by atoms with Crippen LogP contribution in [0.4, 0.5) is 0 Å². The van der Waals surface area contributed by atoms with Crippen LogP contribution >= 0.6 is 0 Å². The van der Waals surface area contributed by atoms with Gasteiger partial charge in [0.25, 0.3) is 0 Å².